The molecule has 33 heavy (non-hydrogen) atoms. The zero-order valence-corrected chi connectivity index (χ0v) is 19.4. The van der Waals surface area contributed by atoms with E-state index >= 15 is 0 Å². The van der Waals surface area contributed by atoms with Gasteiger partial charge in [0.1, 0.15) is 11.4 Å². The van der Waals surface area contributed by atoms with Gasteiger partial charge in [-0.05, 0) is 98.8 Å². The summed E-state index contributed by atoms with van der Waals surface area (Å²) in [6.07, 6.45) is 1.78. The molecule has 3 aromatic rings. The molecule has 0 aromatic heterocycles. The van der Waals surface area contributed by atoms with Crippen molar-refractivity contribution in [3.8, 4) is 5.75 Å². The Labute approximate surface area is 197 Å². The van der Waals surface area contributed by atoms with E-state index in [-0.39, 0.29) is 17.1 Å². The summed E-state index contributed by atoms with van der Waals surface area (Å²) in [5.74, 6) is -0.262. The third-order valence-corrected chi connectivity index (χ3v) is 7.00. The molecule has 3 aromatic carbocycles. The second kappa shape index (κ2) is 7.35. The number of carboxylic acid groups (broad SMARTS) is 1. The van der Waals surface area contributed by atoms with Gasteiger partial charge in [0.05, 0.1) is 16.7 Å². The van der Waals surface area contributed by atoms with Crippen LogP contribution < -0.4 is 9.64 Å². The van der Waals surface area contributed by atoms with Gasteiger partial charge in [-0.2, -0.15) is 0 Å². The summed E-state index contributed by atoms with van der Waals surface area (Å²) < 4.78 is 6.14. The van der Waals surface area contributed by atoms with Crippen molar-refractivity contribution in [2.45, 2.75) is 44.6 Å². The zero-order valence-electron chi connectivity index (χ0n) is 18.7. The predicted octanol–water partition coefficient (Wildman–Crippen LogP) is 6.13. The molecule has 0 bridgehead atoms. The van der Waals surface area contributed by atoms with Crippen LogP contribution in [-0.4, -0.2) is 22.6 Å². The lowest BCUT2D eigenvalue weighted by Gasteiger charge is -2.34. The van der Waals surface area contributed by atoms with Crippen molar-refractivity contribution in [1.82, 2.24) is 0 Å². The number of aryl methyl sites for hydroxylation is 1. The Balaban J connectivity index is 1.63. The van der Waals surface area contributed by atoms with Crippen LogP contribution in [0.5, 0.6) is 5.75 Å². The van der Waals surface area contributed by atoms with Crippen LogP contribution in [-0.2, 0) is 16.6 Å². The van der Waals surface area contributed by atoms with Crippen LogP contribution in [0.25, 0.3) is 0 Å². The Morgan fingerprint density at radius 2 is 1.76 bits per heavy atom. The molecule has 0 saturated heterocycles. The van der Waals surface area contributed by atoms with Crippen molar-refractivity contribution in [1.29, 1.82) is 0 Å². The van der Waals surface area contributed by atoms with Gasteiger partial charge in [-0.3, -0.25) is 9.69 Å². The maximum atomic E-state index is 14.0. The largest absolute Gasteiger partial charge is 0.488 e. The summed E-state index contributed by atoms with van der Waals surface area (Å²) in [7, 11) is 0. The molecule has 2 aliphatic heterocycles. The average molecular weight is 462 g/mol. The number of anilines is 2. The number of carbonyl (C=O) groups excluding carboxylic acids is 1. The molecule has 1 N–H and O–H groups in total. The molecule has 1 amide bonds. The highest BCUT2D eigenvalue weighted by Crippen LogP contribution is 2.50. The predicted molar refractivity (Wildman–Crippen MR) is 128 cm³/mol. The van der Waals surface area contributed by atoms with Crippen LogP contribution in [0.4, 0.5) is 11.4 Å². The fraction of sp³-hybridized carbons (Fsp3) is 0.259. The quantitative estimate of drug-likeness (QED) is 0.509. The molecule has 2 heterocycles. The van der Waals surface area contributed by atoms with Crippen LogP contribution in [0.3, 0.4) is 0 Å². The van der Waals surface area contributed by atoms with Gasteiger partial charge in [-0.1, -0.05) is 23.7 Å². The Bertz CT molecular complexity index is 1300. The molecule has 0 aliphatic carbocycles. The number of amides is 1. The first-order valence-electron chi connectivity index (χ1n) is 10.9. The molecule has 0 saturated carbocycles. The number of carboxylic acids is 1. The maximum Gasteiger partial charge on any atom is 0.335 e. The minimum absolute atomic E-state index is 0.111. The number of hydrogen-bond acceptors (Lipinski definition) is 3. The van der Waals surface area contributed by atoms with Crippen LogP contribution in [0.15, 0.2) is 60.7 Å². The van der Waals surface area contributed by atoms with Crippen molar-refractivity contribution >= 4 is 34.9 Å². The van der Waals surface area contributed by atoms with Gasteiger partial charge >= 0.3 is 5.97 Å². The van der Waals surface area contributed by atoms with E-state index in [2.05, 4.69) is 19.9 Å². The molecule has 0 unspecified atom stereocenters. The number of halogens is 1. The standard InChI is InChI=1S/C27H24ClNO4/c1-26(2)13-12-17-14-18(6-11-23(17)33-26)27(3)21-15-19(28)7-10-22(21)29(25(27)32)20-8-4-16(5-9-20)24(30)31/h4-11,14-15H,12-13H2,1-3H3,(H,30,31)/t27-/m0/s1. The molecular weight excluding hydrogens is 438 g/mol. The van der Waals surface area contributed by atoms with E-state index in [0.29, 0.717) is 10.7 Å². The highest BCUT2D eigenvalue weighted by molar-refractivity contribution is 6.31. The number of fused-ring (bicyclic) bond motifs is 2. The van der Waals surface area contributed by atoms with E-state index < -0.39 is 11.4 Å². The first-order chi connectivity index (χ1) is 15.6. The molecule has 168 valence electrons. The maximum absolute atomic E-state index is 14.0. The molecular formula is C27H24ClNO4. The number of carbonyl (C=O) groups is 2. The minimum atomic E-state index is -1.01. The van der Waals surface area contributed by atoms with Crippen LogP contribution in [0, 0.1) is 0 Å². The number of nitrogens with zero attached hydrogens (tertiary/aromatic N) is 1. The van der Waals surface area contributed by atoms with Crippen molar-refractivity contribution in [3.05, 3.63) is 87.9 Å². The molecule has 0 fully saturated rings. The zero-order chi connectivity index (χ0) is 23.5. The van der Waals surface area contributed by atoms with Gasteiger partial charge in [-0.15, -0.1) is 0 Å². The van der Waals surface area contributed by atoms with E-state index in [1.54, 1.807) is 23.1 Å². The van der Waals surface area contributed by atoms with Gasteiger partial charge in [0.2, 0.25) is 5.91 Å². The normalized spacial score (nSPS) is 20.7. The summed E-state index contributed by atoms with van der Waals surface area (Å²) in [6, 6.07) is 17.8. The number of ether oxygens (including phenoxy) is 1. The number of aromatic carboxylic acids is 1. The second-order valence-corrected chi connectivity index (χ2v) is 9.90. The fourth-order valence-electron chi connectivity index (χ4n) is 4.81. The number of hydrogen-bond donors (Lipinski definition) is 1. The molecule has 1 atom stereocenters. The third kappa shape index (κ3) is 3.39. The molecule has 0 radical (unpaired) electrons. The molecule has 2 aliphatic rings. The highest BCUT2D eigenvalue weighted by Gasteiger charge is 2.49. The van der Waals surface area contributed by atoms with Gasteiger partial charge < -0.3 is 9.84 Å². The summed E-state index contributed by atoms with van der Waals surface area (Å²) in [4.78, 5) is 26.9. The van der Waals surface area contributed by atoms with E-state index in [0.717, 1.165) is 41.0 Å². The Kier molecular flexibility index (Phi) is 4.80. The van der Waals surface area contributed by atoms with E-state index in [1.807, 2.05) is 31.2 Å². The average Bonchev–Trinajstić information content (AvgIpc) is 3.00. The van der Waals surface area contributed by atoms with Crippen LogP contribution >= 0.6 is 11.6 Å². The second-order valence-electron chi connectivity index (χ2n) is 9.46. The van der Waals surface area contributed by atoms with Crippen LogP contribution in [0.2, 0.25) is 5.02 Å². The number of rotatable bonds is 3. The van der Waals surface area contributed by atoms with E-state index in [9.17, 15) is 14.7 Å². The van der Waals surface area contributed by atoms with Gasteiger partial charge in [0, 0.05) is 10.7 Å². The van der Waals surface area contributed by atoms with Crippen molar-refractivity contribution in [2.24, 2.45) is 0 Å². The Morgan fingerprint density at radius 3 is 2.45 bits per heavy atom. The molecule has 0 spiro atoms. The Morgan fingerprint density at radius 1 is 1.03 bits per heavy atom. The summed E-state index contributed by atoms with van der Waals surface area (Å²) in [6.45, 7) is 6.08. The Hall–Kier alpha value is -3.31. The highest BCUT2D eigenvalue weighted by atomic mass is 35.5. The van der Waals surface area contributed by atoms with Gasteiger partial charge in [-0.25, -0.2) is 4.79 Å². The number of benzene rings is 3. The smallest absolute Gasteiger partial charge is 0.335 e. The molecule has 5 rings (SSSR count). The summed E-state index contributed by atoms with van der Waals surface area (Å²) >= 11 is 6.37. The topological polar surface area (TPSA) is 66.8 Å². The molecule has 5 nitrogen and oxygen atoms in total. The monoisotopic (exact) mass is 461 g/mol. The van der Waals surface area contributed by atoms with Crippen molar-refractivity contribution in [2.75, 3.05) is 4.90 Å². The lowest BCUT2D eigenvalue weighted by atomic mass is 9.76. The van der Waals surface area contributed by atoms with E-state index in [1.165, 1.54) is 12.1 Å². The summed E-state index contributed by atoms with van der Waals surface area (Å²) in [5, 5.41) is 9.79. The van der Waals surface area contributed by atoms with E-state index in [4.69, 9.17) is 16.3 Å². The van der Waals surface area contributed by atoms with Crippen molar-refractivity contribution < 1.29 is 19.4 Å². The summed E-state index contributed by atoms with van der Waals surface area (Å²) in [5.41, 5.74) is 3.15. The minimum Gasteiger partial charge on any atom is -0.488 e. The SMILES string of the molecule is CC1(C)CCc2cc([C@]3(C)C(=O)N(c4ccc(C(=O)O)cc4)c4ccc(Cl)cc43)ccc2O1. The van der Waals surface area contributed by atoms with Crippen molar-refractivity contribution in [3.63, 3.8) is 0 Å². The lowest BCUT2D eigenvalue weighted by molar-refractivity contribution is -0.120. The van der Waals surface area contributed by atoms with Crippen LogP contribution in [0.1, 0.15) is 54.2 Å². The fourth-order valence-corrected chi connectivity index (χ4v) is 4.98. The van der Waals surface area contributed by atoms with Gasteiger partial charge in [0.25, 0.3) is 0 Å². The lowest BCUT2D eigenvalue weighted by Crippen LogP contribution is -2.37. The first-order valence-corrected chi connectivity index (χ1v) is 11.3. The van der Waals surface area contributed by atoms with Gasteiger partial charge in [0.15, 0.2) is 0 Å². The third-order valence-electron chi connectivity index (χ3n) is 6.76. The molecule has 6 heteroatoms. The first kappa shape index (κ1) is 21.5.